The zero-order chi connectivity index (χ0) is 18.1. The average Bonchev–Trinajstić information content (AvgIpc) is 2.44. The van der Waals surface area contributed by atoms with E-state index in [0.29, 0.717) is 25.2 Å². The van der Waals surface area contributed by atoms with Crippen molar-refractivity contribution in [1.82, 2.24) is 4.90 Å². The number of aryl methyl sites for hydroxylation is 1. The molecule has 0 radical (unpaired) electrons. The number of hydrogen-bond donors (Lipinski definition) is 1. The lowest BCUT2D eigenvalue weighted by molar-refractivity contribution is 0.0159. The van der Waals surface area contributed by atoms with Gasteiger partial charge in [0.1, 0.15) is 5.60 Å². The van der Waals surface area contributed by atoms with E-state index < -0.39 is 11.6 Å². The topological polar surface area (TPSA) is 70.1 Å². The molecule has 132 valence electrons. The van der Waals surface area contributed by atoms with E-state index in [1.807, 2.05) is 39.8 Å². The molecule has 1 N–H and O–H groups in total. The second-order valence-electron chi connectivity index (χ2n) is 7.27. The van der Waals surface area contributed by atoms with Crippen molar-refractivity contribution in [1.29, 1.82) is 0 Å². The highest BCUT2D eigenvalue weighted by atomic mass is 16.6. The molecule has 1 atom stereocenters. The summed E-state index contributed by atoms with van der Waals surface area (Å²) in [6.45, 7) is 11.3. The summed E-state index contributed by atoms with van der Waals surface area (Å²) >= 11 is 0. The molecule has 1 aliphatic rings. The first-order chi connectivity index (χ1) is 11.1. The van der Waals surface area contributed by atoms with Crippen LogP contribution in [-0.2, 0) is 4.74 Å². The number of nitrogens with zero attached hydrogens (tertiary/aromatic N) is 2. The molecule has 1 aromatic carbocycles. The van der Waals surface area contributed by atoms with E-state index in [9.17, 15) is 9.59 Å². The van der Waals surface area contributed by atoms with Crippen molar-refractivity contribution in [2.45, 2.75) is 46.3 Å². The maximum absolute atomic E-state index is 12.3. The van der Waals surface area contributed by atoms with Crippen molar-refractivity contribution in [2.24, 2.45) is 0 Å². The molecule has 0 bridgehead atoms. The van der Waals surface area contributed by atoms with Crippen LogP contribution >= 0.6 is 0 Å². The Hall–Kier alpha value is -2.24. The molecule has 1 saturated heterocycles. The lowest BCUT2D eigenvalue weighted by atomic mass is 10.1. The van der Waals surface area contributed by atoms with Gasteiger partial charge in [0.2, 0.25) is 0 Å². The van der Waals surface area contributed by atoms with Gasteiger partial charge in [0, 0.05) is 31.4 Å². The number of rotatable bonds is 2. The highest BCUT2D eigenvalue weighted by molar-refractivity contribution is 5.90. The number of amides is 1. The van der Waals surface area contributed by atoms with Crippen LogP contribution in [0.2, 0.25) is 0 Å². The number of carboxylic acids is 1. The summed E-state index contributed by atoms with van der Waals surface area (Å²) in [6, 6.07) is 5.37. The number of carbonyl (C=O) groups excluding carboxylic acids is 1. The van der Waals surface area contributed by atoms with Crippen molar-refractivity contribution >= 4 is 17.7 Å². The predicted octanol–water partition coefficient (Wildman–Crippen LogP) is 3.14. The van der Waals surface area contributed by atoms with Crippen LogP contribution in [0.3, 0.4) is 0 Å². The lowest BCUT2D eigenvalue weighted by Gasteiger charge is -2.41. The second-order valence-corrected chi connectivity index (χ2v) is 7.27. The van der Waals surface area contributed by atoms with Gasteiger partial charge in [-0.1, -0.05) is 0 Å². The number of aromatic carboxylic acids is 1. The Morgan fingerprint density at radius 1 is 1.25 bits per heavy atom. The third kappa shape index (κ3) is 4.19. The fraction of sp³-hybridized carbons (Fsp3) is 0.556. The minimum atomic E-state index is -0.915. The number of benzene rings is 1. The van der Waals surface area contributed by atoms with E-state index >= 15 is 0 Å². The van der Waals surface area contributed by atoms with E-state index in [1.165, 1.54) is 0 Å². The van der Waals surface area contributed by atoms with Crippen LogP contribution < -0.4 is 4.90 Å². The van der Waals surface area contributed by atoms with Gasteiger partial charge in [0.05, 0.1) is 5.56 Å². The Balaban J connectivity index is 2.07. The van der Waals surface area contributed by atoms with Crippen molar-refractivity contribution in [3.8, 4) is 0 Å². The first kappa shape index (κ1) is 18.1. The molecular weight excluding hydrogens is 308 g/mol. The molecule has 0 saturated carbocycles. The fourth-order valence-corrected chi connectivity index (χ4v) is 2.87. The summed E-state index contributed by atoms with van der Waals surface area (Å²) in [7, 11) is 0. The fourth-order valence-electron chi connectivity index (χ4n) is 2.87. The number of carboxylic acid groups (broad SMARTS) is 1. The van der Waals surface area contributed by atoms with Crippen LogP contribution in [0.5, 0.6) is 0 Å². The molecule has 1 amide bonds. The highest BCUT2D eigenvalue weighted by Gasteiger charge is 2.31. The second kappa shape index (κ2) is 6.71. The summed E-state index contributed by atoms with van der Waals surface area (Å²) in [4.78, 5) is 27.3. The Labute approximate surface area is 143 Å². The number of anilines is 1. The van der Waals surface area contributed by atoms with Gasteiger partial charge in [-0.05, 0) is 58.4 Å². The molecule has 1 aliphatic heterocycles. The number of ether oxygens (including phenoxy) is 1. The Morgan fingerprint density at radius 2 is 1.92 bits per heavy atom. The van der Waals surface area contributed by atoms with E-state index in [2.05, 4.69) is 4.90 Å². The molecule has 24 heavy (non-hydrogen) atoms. The lowest BCUT2D eigenvalue weighted by Crippen LogP contribution is -2.55. The van der Waals surface area contributed by atoms with Crippen molar-refractivity contribution in [2.75, 3.05) is 24.5 Å². The smallest absolute Gasteiger partial charge is 0.410 e. The average molecular weight is 334 g/mol. The molecule has 0 aromatic heterocycles. The van der Waals surface area contributed by atoms with Gasteiger partial charge in [0.15, 0.2) is 0 Å². The maximum atomic E-state index is 12.3. The van der Waals surface area contributed by atoms with E-state index in [0.717, 1.165) is 11.3 Å². The van der Waals surface area contributed by atoms with Crippen LogP contribution in [0, 0.1) is 6.92 Å². The standard InChI is InChI=1S/C18H26N2O4/c1-12-10-14(6-7-15(12)16(21)22)19-8-9-20(13(2)11-19)17(23)24-18(3,4)5/h6-7,10,13H,8-9,11H2,1-5H3,(H,21,22)/t13-/m1/s1. The Morgan fingerprint density at radius 3 is 2.42 bits per heavy atom. The van der Waals surface area contributed by atoms with Crippen LogP contribution in [0.4, 0.5) is 10.5 Å². The molecule has 0 aliphatic carbocycles. The van der Waals surface area contributed by atoms with Crippen molar-refractivity contribution in [3.63, 3.8) is 0 Å². The van der Waals surface area contributed by atoms with Crippen LogP contribution in [0.25, 0.3) is 0 Å². The third-order valence-electron chi connectivity index (χ3n) is 4.06. The highest BCUT2D eigenvalue weighted by Crippen LogP contribution is 2.23. The minimum Gasteiger partial charge on any atom is -0.478 e. The van der Waals surface area contributed by atoms with Gasteiger partial charge in [-0.3, -0.25) is 0 Å². The Kier molecular flexibility index (Phi) is 5.06. The van der Waals surface area contributed by atoms with E-state index in [1.54, 1.807) is 17.9 Å². The van der Waals surface area contributed by atoms with Gasteiger partial charge in [-0.15, -0.1) is 0 Å². The molecule has 1 aromatic rings. The largest absolute Gasteiger partial charge is 0.478 e. The monoisotopic (exact) mass is 334 g/mol. The zero-order valence-corrected chi connectivity index (χ0v) is 15.0. The number of piperazine rings is 1. The van der Waals surface area contributed by atoms with Crippen molar-refractivity contribution in [3.05, 3.63) is 29.3 Å². The number of hydrogen-bond acceptors (Lipinski definition) is 4. The van der Waals surface area contributed by atoms with Gasteiger partial charge in [-0.2, -0.15) is 0 Å². The molecule has 0 spiro atoms. The molecule has 1 heterocycles. The summed E-state index contributed by atoms with van der Waals surface area (Å²) in [6.07, 6.45) is -0.285. The summed E-state index contributed by atoms with van der Waals surface area (Å²) in [5.41, 5.74) is 1.53. The molecule has 1 fully saturated rings. The third-order valence-corrected chi connectivity index (χ3v) is 4.06. The molecule has 2 rings (SSSR count). The van der Waals surface area contributed by atoms with Gasteiger partial charge >= 0.3 is 12.1 Å². The van der Waals surface area contributed by atoms with Crippen LogP contribution in [0.15, 0.2) is 18.2 Å². The summed E-state index contributed by atoms with van der Waals surface area (Å²) < 4.78 is 5.45. The maximum Gasteiger partial charge on any atom is 0.410 e. The first-order valence-corrected chi connectivity index (χ1v) is 8.17. The Bertz CT molecular complexity index is 636. The first-order valence-electron chi connectivity index (χ1n) is 8.17. The minimum absolute atomic E-state index is 0.0213. The van der Waals surface area contributed by atoms with Crippen LogP contribution in [-0.4, -0.2) is 53.3 Å². The van der Waals surface area contributed by atoms with E-state index in [-0.39, 0.29) is 12.1 Å². The molecule has 0 unspecified atom stereocenters. The summed E-state index contributed by atoms with van der Waals surface area (Å²) in [5, 5.41) is 9.13. The SMILES string of the molecule is Cc1cc(N2CCN(C(=O)OC(C)(C)C)[C@H](C)C2)ccc1C(=O)O. The summed E-state index contributed by atoms with van der Waals surface area (Å²) in [5.74, 6) is -0.915. The number of carbonyl (C=O) groups is 2. The molecule has 6 nitrogen and oxygen atoms in total. The predicted molar refractivity (Wildman–Crippen MR) is 92.8 cm³/mol. The van der Waals surface area contributed by atoms with Crippen LogP contribution in [0.1, 0.15) is 43.6 Å². The zero-order valence-electron chi connectivity index (χ0n) is 15.0. The normalized spacial score (nSPS) is 18.5. The molecular formula is C18H26N2O4. The van der Waals surface area contributed by atoms with Gasteiger partial charge < -0.3 is 19.6 Å². The molecule has 6 heteroatoms. The van der Waals surface area contributed by atoms with Crippen molar-refractivity contribution < 1.29 is 19.4 Å². The van der Waals surface area contributed by atoms with Gasteiger partial charge in [0.25, 0.3) is 0 Å². The van der Waals surface area contributed by atoms with Gasteiger partial charge in [-0.25, -0.2) is 9.59 Å². The van der Waals surface area contributed by atoms with E-state index in [4.69, 9.17) is 9.84 Å². The quantitative estimate of drug-likeness (QED) is 0.900.